The van der Waals surface area contributed by atoms with Crippen LogP contribution in [0.4, 0.5) is 0 Å². The molecule has 4 aromatic rings. The molecule has 2 aromatic carbocycles. The molecule has 0 saturated heterocycles. The summed E-state index contributed by atoms with van der Waals surface area (Å²) in [6.45, 7) is 2.49. The maximum Gasteiger partial charge on any atom is 0.373 e. The molecule has 2 heterocycles. The van der Waals surface area contributed by atoms with Crippen LogP contribution in [0.1, 0.15) is 28.8 Å². The van der Waals surface area contributed by atoms with Crippen molar-refractivity contribution < 1.29 is 28.2 Å². The number of fused-ring (bicyclic) bond motifs is 1. The minimum Gasteiger partial charge on any atom is -0.490 e. The summed E-state index contributed by atoms with van der Waals surface area (Å²) in [6.07, 6.45) is 3.14. The monoisotopic (exact) mass is 476 g/mol. The standard InChI is InChI=1S/C25H24N4O6/c1-3-33-23-12-17(8-10-21(23)34-15-18-9-11-22(35-18)25(31)32-2)13-27-28-24(30)14-29-16-26-19-6-4-5-7-20(19)29/h4-13,16H,3,14-15H2,1-2H3,(H,28,30)/b27-13-. The fraction of sp³-hybridized carbons (Fsp3) is 0.200. The predicted molar refractivity (Wildman–Crippen MR) is 127 cm³/mol. The van der Waals surface area contributed by atoms with Gasteiger partial charge in [-0.1, -0.05) is 12.1 Å². The molecule has 10 heteroatoms. The van der Waals surface area contributed by atoms with Gasteiger partial charge in [0.15, 0.2) is 11.5 Å². The second-order valence-electron chi connectivity index (χ2n) is 7.34. The minimum absolute atomic E-state index is 0.0965. The van der Waals surface area contributed by atoms with Crippen LogP contribution in [0.2, 0.25) is 0 Å². The Labute approximate surface area is 201 Å². The highest BCUT2D eigenvalue weighted by Crippen LogP contribution is 2.29. The number of hydrogen-bond acceptors (Lipinski definition) is 8. The van der Waals surface area contributed by atoms with Crippen molar-refractivity contribution in [2.24, 2.45) is 5.10 Å². The summed E-state index contributed by atoms with van der Waals surface area (Å²) in [6, 6.07) is 16.0. The van der Waals surface area contributed by atoms with E-state index in [0.29, 0.717) is 29.4 Å². The predicted octanol–water partition coefficient (Wildman–Crippen LogP) is 3.54. The lowest BCUT2D eigenvalue weighted by atomic mass is 10.2. The number of esters is 1. The van der Waals surface area contributed by atoms with Crippen LogP contribution >= 0.6 is 0 Å². The van der Waals surface area contributed by atoms with Crippen molar-refractivity contribution in [1.82, 2.24) is 15.0 Å². The average Bonchev–Trinajstić information content (AvgIpc) is 3.51. The van der Waals surface area contributed by atoms with E-state index in [1.807, 2.05) is 31.2 Å². The molecule has 0 aliphatic heterocycles. The lowest BCUT2D eigenvalue weighted by Crippen LogP contribution is -2.22. The van der Waals surface area contributed by atoms with Gasteiger partial charge in [0, 0.05) is 0 Å². The lowest BCUT2D eigenvalue weighted by Gasteiger charge is -2.11. The number of hydrazone groups is 1. The first-order valence-corrected chi connectivity index (χ1v) is 10.9. The third-order valence-electron chi connectivity index (χ3n) is 4.93. The summed E-state index contributed by atoms with van der Waals surface area (Å²) in [5.74, 6) is 0.737. The summed E-state index contributed by atoms with van der Waals surface area (Å²) in [5.41, 5.74) is 4.93. The van der Waals surface area contributed by atoms with Gasteiger partial charge in [0.25, 0.3) is 5.91 Å². The van der Waals surface area contributed by atoms with Crippen molar-refractivity contribution in [3.8, 4) is 11.5 Å². The van der Waals surface area contributed by atoms with E-state index in [1.165, 1.54) is 19.4 Å². The smallest absolute Gasteiger partial charge is 0.373 e. The Kier molecular flexibility index (Phi) is 7.41. The van der Waals surface area contributed by atoms with Crippen molar-refractivity contribution in [3.05, 3.63) is 78.0 Å². The molecule has 1 amide bonds. The number of rotatable bonds is 10. The summed E-state index contributed by atoms with van der Waals surface area (Å²) in [4.78, 5) is 28.1. The highest BCUT2D eigenvalue weighted by Gasteiger charge is 2.13. The normalized spacial score (nSPS) is 11.0. The van der Waals surface area contributed by atoms with Crippen molar-refractivity contribution in [2.75, 3.05) is 13.7 Å². The van der Waals surface area contributed by atoms with Crippen LogP contribution in [0.25, 0.3) is 11.0 Å². The van der Waals surface area contributed by atoms with Gasteiger partial charge in [0.1, 0.15) is 18.9 Å². The van der Waals surface area contributed by atoms with Gasteiger partial charge in [-0.3, -0.25) is 4.79 Å². The molecule has 35 heavy (non-hydrogen) atoms. The summed E-state index contributed by atoms with van der Waals surface area (Å²) in [7, 11) is 1.28. The van der Waals surface area contributed by atoms with Gasteiger partial charge < -0.3 is 23.2 Å². The van der Waals surface area contributed by atoms with Gasteiger partial charge in [-0.05, 0) is 55.0 Å². The Balaban J connectivity index is 1.36. The fourth-order valence-electron chi connectivity index (χ4n) is 3.31. The molecule has 0 unspecified atom stereocenters. The van der Waals surface area contributed by atoms with Crippen molar-refractivity contribution >= 4 is 29.1 Å². The largest absolute Gasteiger partial charge is 0.490 e. The Morgan fingerprint density at radius 3 is 2.80 bits per heavy atom. The Bertz CT molecular complexity index is 1360. The van der Waals surface area contributed by atoms with Crippen LogP contribution in [0.3, 0.4) is 0 Å². The summed E-state index contributed by atoms with van der Waals surface area (Å²) >= 11 is 0. The number of ether oxygens (including phenoxy) is 3. The number of hydrogen-bond donors (Lipinski definition) is 1. The molecule has 10 nitrogen and oxygen atoms in total. The van der Waals surface area contributed by atoms with E-state index in [0.717, 1.165) is 11.0 Å². The van der Waals surface area contributed by atoms with Crippen LogP contribution in [0.5, 0.6) is 11.5 Å². The van der Waals surface area contributed by atoms with E-state index >= 15 is 0 Å². The SMILES string of the molecule is CCOc1cc(/C=N\NC(=O)Cn2cnc3ccccc32)ccc1OCc1ccc(C(=O)OC)o1. The molecule has 0 saturated carbocycles. The maximum absolute atomic E-state index is 12.3. The number of amides is 1. The highest BCUT2D eigenvalue weighted by molar-refractivity contribution is 5.86. The van der Waals surface area contributed by atoms with Crippen LogP contribution in [0.15, 0.2) is 70.4 Å². The quantitative estimate of drug-likeness (QED) is 0.211. The van der Waals surface area contributed by atoms with Crippen LogP contribution in [-0.4, -0.2) is 41.4 Å². The van der Waals surface area contributed by atoms with Crippen LogP contribution < -0.4 is 14.9 Å². The number of imidazole rings is 1. The number of para-hydroxylation sites is 2. The minimum atomic E-state index is -0.555. The second-order valence-corrected chi connectivity index (χ2v) is 7.34. The number of aromatic nitrogens is 2. The maximum atomic E-state index is 12.3. The Hall–Kier alpha value is -4.60. The number of nitrogens with zero attached hydrogens (tertiary/aromatic N) is 3. The highest BCUT2D eigenvalue weighted by atomic mass is 16.5. The van der Waals surface area contributed by atoms with Crippen molar-refractivity contribution in [1.29, 1.82) is 0 Å². The van der Waals surface area contributed by atoms with Gasteiger partial charge in [-0.25, -0.2) is 15.2 Å². The first-order valence-electron chi connectivity index (χ1n) is 10.9. The van der Waals surface area contributed by atoms with Crippen LogP contribution in [0, 0.1) is 0 Å². The van der Waals surface area contributed by atoms with Crippen molar-refractivity contribution in [3.63, 3.8) is 0 Å². The van der Waals surface area contributed by atoms with Gasteiger partial charge >= 0.3 is 5.97 Å². The number of carbonyl (C=O) groups is 2. The molecule has 0 aliphatic rings. The first-order chi connectivity index (χ1) is 17.1. The molecule has 1 N–H and O–H groups in total. The third kappa shape index (κ3) is 5.85. The van der Waals surface area contributed by atoms with Crippen LogP contribution in [-0.2, 0) is 22.7 Å². The molecule has 0 atom stereocenters. The molecule has 2 aromatic heterocycles. The molecule has 0 radical (unpaired) electrons. The lowest BCUT2D eigenvalue weighted by molar-refractivity contribution is -0.121. The molecule has 4 rings (SSSR count). The second kappa shape index (κ2) is 11.0. The van der Waals surface area contributed by atoms with Gasteiger partial charge in [-0.15, -0.1) is 0 Å². The molecule has 0 spiro atoms. The first kappa shape index (κ1) is 23.6. The Morgan fingerprint density at radius 2 is 1.97 bits per heavy atom. The van der Waals surface area contributed by atoms with E-state index < -0.39 is 5.97 Å². The molecule has 0 bridgehead atoms. The number of methoxy groups -OCH3 is 1. The van der Waals surface area contributed by atoms with E-state index in [9.17, 15) is 9.59 Å². The summed E-state index contributed by atoms with van der Waals surface area (Å²) < 4.78 is 23.3. The number of furan rings is 1. The zero-order valence-electron chi connectivity index (χ0n) is 19.3. The average molecular weight is 476 g/mol. The van der Waals surface area contributed by atoms with Gasteiger partial charge in [-0.2, -0.15) is 5.10 Å². The fourth-order valence-corrected chi connectivity index (χ4v) is 3.31. The van der Waals surface area contributed by atoms with E-state index in [2.05, 4.69) is 20.2 Å². The number of benzene rings is 2. The van der Waals surface area contributed by atoms with Gasteiger partial charge in [0.05, 0.1) is 37.3 Å². The topological polar surface area (TPSA) is 117 Å². The van der Waals surface area contributed by atoms with E-state index in [4.69, 9.17) is 13.9 Å². The number of nitrogens with one attached hydrogen (secondary N) is 1. The molecule has 180 valence electrons. The molecular weight excluding hydrogens is 452 g/mol. The molecule has 0 fully saturated rings. The number of carbonyl (C=O) groups excluding carboxylic acids is 2. The van der Waals surface area contributed by atoms with E-state index in [-0.39, 0.29) is 24.8 Å². The van der Waals surface area contributed by atoms with E-state index in [1.54, 1.807) is 35.2 Å². The third-order valence-corrected chi connectivity index (χ3v) is 4.93. The Morgan fingerprint density at radius 1 is 1.11 bits per heavy atom. The van der Waals surface area contributed by atoms with Gasteiger partial charge in [0.2, 0.25) is 5.76 Å². The zero-order valence-corrected chi connectivity index (χ0v) is 19.3. The molecular formula is C25H24N4O6. The zero-order chi connectivity index (χ0) is 24.6. The van der Waals surface area contributed by atoms with Crippen molar-refractivity contribution in [2.45, 2.75) is 20.1 Å². The molecule has 0 aliphatic carbocycles. The summed E-state index contributed by atoms with van der Waals surface area (Å²) in [5, 5.41) is 4.04.